The number of nitrogens with zero attached hydrogens (tertiary/aromatic N) is 4. The minimum atomic E-state index is -0.713. The lowest BCUT2D eigenvalue weighted by molar-refractivity contribution is -0.190. The molecular weight excluding hydrogens is 570 g/mol. The lowest BCUT2D eigenvalue weighted by atomic mass is 9.87. The summed E-state index contributed by atoms with van der Waals surface area (Å²) in [6.45, 7) is 21.0. The van der Waals surface area contributed by atoms with Gasteiger partial charge in [-0.2, -0.15) is 5.10 Å². The van der Waals surface area contributed by atoms with Gasteiger partial charge in [0.25, 0.3) is 0 Å². The Balaban J connectivity index is 1.20. The Labute approximate surface area is 267 Å². The summed E-state index contributed by atoms with van der Waals surface area (Å²) in [6.07, 6.45) is 1.34. The Morgan fingerprint density at radius 2 is 1.76 bits per heavy atom. The third-order valence-electron chi connectivity index (χ3n) is 8.41. The van der Waals surface area contributed by atoms with Crippen molar-refractivity contribution in [1.82, 2.24) is 24.8 Å². The molecule has 0 spiro atoms. The highest BCUT2D eigenvalue weighted by molar-refractivity contribution is 5.89. The molecule has 11 nitrogen and oxygen atoms in total. The fraction of sp³-hybridized carbons (Fsp3) is 0.618. The molecule has 3 aromatic rings. The van der Waals surface area contributed by atoms with Crippen LogP contribution in [0.4, 0.5) is 16.3 Å². The van der Waals surface area contributed by atoms with Crippen LogP contribution in [0.5, 0.6) is 0 Å². The number of hydrogen-bond donors (Lipinski definition) is 3. The third-order valence-corrected chi connectivity index (χ3v) is 8.41. The number of aromatic nitrogens is 3. The van der Waals surface area contributed by atoms with Gasteiger partial charge in [-0.25, -0.2) is 14.3 Å². The van der Waals surface area contributed by atoms with Crippen LogP contribution >= 0.6 is 0 Å². The molecule has 0 saturated carbocycles. The average Bonchev–Trinajstić information content (AvgIpc) is 3.61. The molecule has 4 unspecified atom stereocenters. The van der Waals surface area contributed by atoms with Crippen LogP contribution in [0, 0.1) is 0 Å². The van der Waals surface area contributed by atoms with Gasteiger partial charge in [-0.05, 0) is 83.2 Å². The number of anilines is 2. The summed E-state index contributed by atoms with van der Waals surface area (Å²) >= 11 is 0. The highest BCUT2D eigenvalue weighted by atomic mass is 16.8. The zero-order valence-corrected chi connectivity index (χ0v) is 28.3. The third kappa shape index (κ3) is 7.77. The van der Waals surface area contributed by atoms with E-state index in [0.29, 0.717) is 13.1 Å². The number of urea groups is 1. The Morgan fingerprint density at radius 1 is 1.04 bits per heavy atom. The SMILES string of the molecule is CC(C)Nc1ncnn2c(C3OC(CN(CCCNC(=O)Nc4ccc(C(C)(C)C)cc4)C(C)C)C4OC(C)(C)OC34)ccc12. The number of rotatable bonds is 11. The minimum absolute atomic E-state index is 0.0716. The molecule has 2 aliphatic heterocycles. The van der Waals surface area contributed by atoms with Crippen molar-refractivity contribution in [2.24, 2.45) is 0 Å². The van der Waals surface area contributed by atoms with Gasteiger partial charge in [-0.15, -0.1) is 0 Å². The van der Waals surface area contributed by atoms with Crippen molar-refractivity contribution in [2.45, 2.75) is 116 Å². The van der Waals surface area contributed by atoms with Crippen molar-refractivity contribution in [3.63, 3.8) is 0 Å². The van der Waals surface area contributed by atoms with Crippen LogP contribution in [0.15, 0.2) is 42.7 Å². The highest BCUT2D eigenvalue weighted by Crippen LogP contribution is 2.45. The molecule has 4 heterocycles. The fourth-order valence-corrected chi connectivity index (χ4v) is 6.13. The molecule has 5 rings (SSSR count). The van der Waals surface area contributed by atoms with Gasteiger partial charge in [0.2, 0.25) is 0 Å². The molecule has 2 saturated heterocycles. The van der Waals surface area contributed by atoms with Gasteiger partial charge in [-0.1, -0.05) is 32.9 Å². The molecule has 0 radical (unpaired) electrons. The van der Waals surface area contributed by atoms with Gasteiger partial charge < -0.3 is 30.2 Å². The number of carbonyl (C=O) groups excluding carboxylic acids is 1. The van der Waals surface area contributed by atoms with Crippen LogP contribution in [0.25, 0.3) is 5.52 Å². The Hall–Kier alpha value is -3.25. The van der Waals surface area contributed by atoms with Crippen molar-refractivity contribution in [1.29, 1.82) is 0 Å². The van der Waals surface area contributed by atoms with Gasteiger partial charge in [-0.3, -0.25) is 4.90 Å². The first-order valence-electron chi connectivity index (χ1n) is 16.2. The smallest absolute Gasteiger partial charge is 0.319 e. The van der Waals surface area contributed by atoms with E-state index in [4.69, 9.17) is 14.2 Å². The van der Waals surface area contributed by atoms with Crippen molar-refractivity contribution in [2.75, 3.05) is 30.3 Å². The van der Waals surface area contributed by atoms with Gasteiger partial charge in [0.1, 0.15) is 36.3 Å². The maximum Gasteiger partial charge on any atom is 0.319 e. The van der Waals surface area contributed by atoms with Crippen molar-refractivity contribution >= 4 is 23.1 Å². The topological polar surface area (TPSA) is 114 Å². The predicted octanol–water partition coefficient (Wildman–Crippen LogP) is 5.73. The van der Waals surface area contributed by atoms with Gasteiger partial charge in [0, 0.05) is 37.4 Å². The Morgan fingerprint density at radius 3 is 2.42 bits per heavy atom. The van der Waals surface area contributed by atoms with E-state index >= 15 is 0 Å². The second kappa shape index (κ2) is 13.2. The summed E-state index contributed by atoms with van der Waals surface area (Å²) in [5, 5.41) is 13.9. The summed E-state index contributed by atoms with van der Waals surface area (Å²) in [4.78, 5) is 19.4. The summed E-state index contributed by atoms with van der Waals surface area (Å²) < 4.78 is 21.5. The fourth-order valence-electron chi connectivity index (χ4n) is 6.13. The normalized spacial score (nSPS) is 22.8. The first kappa shape index (κ1) is 33.1. The molecule has 0 bridgehead atoms. The number of benzene rings is 1. The second-order valence-electron chi connectivity index (χ2n) is 14.3. The summed E-state index contributed by atoms with van der Waals surface area (Å²) in [5.41, 5.74) is 3.89. The van der Waals surface area contributed by atoms with E-state index in [0.717, 1.165) is 35.7 Å². The van der Waals surface area contributed by atoms with Crippen molar-refractivity contribution in [3.05, 3.63) is 54.0 Å². The molecule has 4 atom stereocenters. The number of hydrogen-bond acceptors (Lipinski definition) is 8. The molecular formula is C34H51N7O4. The van der Waals surface area contributed by atoms with Gasteiger partial charge in [0.05, 0.1) is 5.69 Å². The van der Waals surface area contributed by atoms with E-state index in [1.807, 2.05) is 42.6 Å². The summed E-state index contributed by atoms with van der Waals surface area (Å²) in [5.74, 6) is 0.0719. The summed E-state index contributed by atoms with van der Waals surface area (Å²) in [7, 11) is 0. The van der Waals surface area contributed by atoms with Crippen LogP contribution in [0.3, 0.4) is 0 Å². The summed E-state index contributed by atoms with van der Waals surface area (Å²) in [6, 6.07) is 12.4. The molecule has 2 aromatic heterocycles. The number of ether oxygens (including phenoxy) is 3. The van der Waals surface area contributed by atoms with E-state index in [1.165, 1.54) is 5.56 Å². The standard InChI is InChI=1S/C34H51N7O4/c1-21(2)38-31-26-16-15-25(41(26)37-20-36-31)28-30-29(44-34(8,9)45-30)27(43-28)19-40(22(3)4)18-10-17-35-32(42)39-24-13-11-23(12-14-24)33(5,6)7/h11-16,20-22,27-30H,10,17-19H2,1-9H3,(H2,35,39,42)(H,36,37,38). The molecule has 2 amide bonds. The Bertz CT molecular complexity index is 1450. The first-order chi connectivity index (χ1) is 21.2. The number of amides is 2. The van der Waals surface area contributed by atoms with E-state index in [9.17, 15) is 4.79 Å². The van der Waals surface area contributed by atoms with Crippen LogP contribution in [-0.4, -0.2) is 81.3 Å². The Kier molecular flexibility index (Phi) is 9.74. The number of fused-ring (bicyclic) bond motifs is 2. The molecule has 2 aliphatic rings. The molecule has 0 aliphatic carbocycles. The molecule has 11 heteroatoms. The molecule has 3 N–H and O–H groups in total. The average molecular weight is 622 g/mol. The maximum atomic E-state index is 12.6. The van der Waals surface area contributed by atoms with E-state index in [1.54, 1.807) is 6.33 Å². The maximum absolute atomic E-state index is 12.6. The number of carbonyl (C=O) groups is 1. The zero-order valence-electron chi connectivity index (χ0n) is 28.3. The van der Waals surface area contributed by atoms with Gasteiger partial charge in [0.15, 0.2) is 11.6 Å². The minimum Gasteiger partial charge on any atom is -0.366 e. The van der Waals surface area contributed by atoms with E-state index < -0.39 is 5.79 Å². The molecule has 1 aromatic carbocycles. The lowest BCUT2D eigenvalue weighted by Crippen LogP contribution is -2.44. The first-order valence-corrected chi connectivity index (χ1v) is 16.2. The van der Waals surface area contributed by atoms with Crippen LogP contribution < -0.4 is 16.0 Å². The van der Waals surface area contributed by atoms with E-state index in [2.05, 4.69) is 91.5 Å². The number of nitrogens with one attached hydrogen (secondary N) is 3. The second-order valence-corrected chi connectivity index (χ2v) is 14.3. The van der Waals surface area contributed by atoms with E-state index in [-0.39, 0.29) is 47.9 Å². The molecule has 2 fully saturated rings. The lowest BCUT2D eigenvalue weighted by Gasteiger charge is -2.31. The van der Waals surface area contributed by atoms with Crippen LogP contribution in [-0.2, 0) is 19.6 Å². The van der Waals surface area contributed by atoms with Crippen molar-refractivity contribution < 1.29 is 19.0 Å². The predicted molar refractivity (Wildman–Crippen MR) is 177 cm³/mol. The van der Waals surface area contributed by atoms with Crippen LogP contribution in [0.2, 0.25) is 0 Å². The van der Waals surface area contributed by atoms with Gasteiger partial charge >= 0.3 is 6.03 Å². The quantitative estimate of drug-likeness (QED) is 0.233. The van der Waals surface area contributed by atoms with Crippen molar-refractivity contribution in [3.8, 4) is 0 Å². The largest absolute Gasteiger partial charge is 0.366 e. The highest BCUT2D eigenvalue weighted by Gasteiger charge is 2.56. The molecule has 45 heavy (non-hydrogen) atoms. The zero-order chi connectivity index (χ0) is 32.5. The van der Waals surface area contributed by atoms with Crippen LogP contribution in [0.1, 0.15) is 86.1 Å². The monoisotopic (exact) mass is 621 g/mol. The molecule has 246 valence electrons.